The highest BCUT2D eigenvalue weighted by molar-refractivity contribution is 5.80. The number of ether oxygens (including phenoxy) is 2. The SMILES string of the molecule is CN(Cc1ccc(OC(F)F)cc1)C(=O)COC(=O)CCc1ccc(F)cc1. The summed E-state index contributed by atoms with van der Waals surface area (Å²) in [5.41, 5.74) is 1.50. The molecular weight excluding hydrogens is 375 g/mol. The van der Waals surface area contributed by atoms with Crippen molar-refractivity contribution in [2.45, 2.75) is 26.0 Å². The van der Waals surface area contributed by atoms with Crippen LogP contribution in [0.4, 0.5) is 13.2 Å². The lowest BCUT2D eigenvalue weighted by Gasteiger charge is -2.17. The van der Waals surface area contributed by atoms with Crippen LogP contribution in [-0.2, 0) is 27.3 Å². The molecule has 2 aromatic carbocycles. The van der Waals surface area contributed by atoms with Gasteiger partial charge in [0, 0.05) is 20.0 Å². The molecule has 0 aliphatic carbocycles. The summed E-state index contributed by atoms with van der Waals surface area (Å²) >= 11 is 0. The van der Waals surface area contributed by atoms with Gasteiger partial charge in [-0.05, 0) is 41.8 Å². The average Bonchev–Trinajstić information content (AvgIpc) is 2.66. The molecule has 0 aromatic heterocycles. The predicted octanol–water partition coefficient (Wildman–Crippen LogP) is 3.56. The Morgan fingerprint density at radius 1 is 1.00 bits per heavy atom. The molecule has 0 unspecified atom stereocenters. The fourth-order valence-corrected chi connectivity index (χ4v) is 2.36. The monoisotopic (exact) mass is 395 g/mol. The fraction of sp³-hybridized carbons (Fsp3) is 0.300. The molecule has 150 valence electrons. The van der Waals surface area contributed by atoms with Crippen LogP contribution in [-0.4, -0.2) is 37.0 Å². The minimum Gasteiger partial charge on any atom is -0.456 e. The standard InChI is InChI=1S/C20H20F3NO4/c1-24(12-15-4-9-17(10-5-15)28-20(22)23)18(25)13-27-19(26)11-6-14-2-7-16(21)8-3-14/h2-5,7-10,20H,6,11-13H2,1H3. The van der Waals surface area contributed by atoms with Crippen LogP contribution in [0.1, 0.15) is 17.5 Å². The summed E-state index contributed by atoms with van der Waals surface area (Å²) in [4.78, 5) is 25.2. The van der Waals surface area contributed by atoms with Gasteiger partial charge in [0.1, 0.15) is 11.6 Å². The van der Waals surface area contributed by atoms with Crippen LogP contribution in [0.15, 0.2) is 48.5 Å². The summed E-state index contributed by atoms with van der Waals surface area (Å²) in [6, 6.07) is 11.7. The van der Waals surface area contributed by atoms with E-state index in [1.807, 2.05) is 0 Å². The highest BCUT2D eigenvalue weighted by Crippen LogP contribution is 2.15. The van der Waals surface area contributed by atoms with E-state index in [2.05, 4.69) is 4.74 Å². The fourth-order valence-electron chi connectivity index (χ4n) is 2.36. The number of aryl methyl sites for hydroxylation is 1. The molecule has 0 aliphatic heterocycles. The van der Waals surface area contributed by atoms with Crippen molar-refractivity contribution in [3.8, 4) is 5.75 Å². The van der Waals surface area contributed by atoms with Gasteiger partial charge in [-0.3, -0.25) is 9.59 Å². The first-order valence-corrected chi connectivity index (χ1v) is 8.51. The normalized spacial score (nSPS) is 10.6. The van der Waals surface area contributed by atoms with Crippen molar-refractivity contribution in [2.24, 2.45) is 0 Å². The number of halogens is 3. The van der Waals surface area contributed by atoms with E-state index >= 15 is 0 Å². The van der Waals surface area contributed by atoms with Crippen LogP contribution < -0.4 is 4.74 Å². The molecule has 0 saturated heterocycles. The summed E-state index contributed by atoms with van der Waals surface area (Å²) in [5, 5.41) is 0. The number of likely N-dealkylation sites (N-methyl/N-ethyl adjacent to an activating group) is 1. The predicted molar refractivity (Wildman–Crippen MR) is 95.2 cm³/mol. The maximum atomic E-state index is 12.8. The van der Waals surface area contributed by atoms with Crippen molar-refractivity contribution in [1.82, 2.24) is 4.90 Å². The summed E-state index contributed by atoms with van der Waals surface area (Å²) < 4.78 is 46.3. The van der Waals surface area contributed by atoms with E-state index in [9.17, 15) is 22.8 Å². The van der Waals surface area contributed by atoms with Gasteiger partial charge in [0.2, 0.25) is 0 Å². The van der Waals surface area contributed by atoms with Crippen LogP contribution in [0.2, 0.25) is 0 Å². The third-order valence-electron chi connectivity index (χ3n) is 3.88. The van der Waals surface area contributed by atoms with Gasteiger partial charge in [-0.25, -0.2) is 4.39 Å². The minimum absolute atomic E-state index is 0.0304. The summed E-state index contributed by atoms with van der Waals surface area (Å²) in [7, 11) is 1.54. The number of hydrogen-bond donors (Lipinski definition) is 0. The molecular formula is C20H20F3NO4. The zero-order chi connectivity index (χ0) is 20.5. The van der Waals surface area contributed by atoms with Gasteiger partial charge >= 0.3 is 12.6 Å². The van der Waals surface area contributed by atoms with E-state index in [1.54, 1.807) is 24.3 Å². The Hall–Kier alpha value is -3.03. The molecule has 0 heterocycles. The Morgan fingerprint density at radius 2 is 1.61 bits per heavy atom. The number of alkyl halides is 2. The molecule has 0 bridgehead atoms. The number of carbonyl (C=O) groups is 2. The molecule has 0 spiro atoms. The van der Waals surface area contributed by atoms with E-state index in [4.69, 9.17) is 4.74 Å². The van der Waals surface area contributed by atoms with Crippen LogP contribution in [0.25, 0.3) is 0 Å². The second-order valence-electron chi connectivity index (χ2n) is 6.06. The largest absolute Gasteiger partial charge is 0.456 e. The molecule has 2 rings (SSSR count). The smallest absolute Gasteiger partial charge is 0.387 e. The number of carbonyl (C=O) groups excluding carboxylic acids is 2. The Morgan fingerprint density at radius 3 is 2.21 bits per heavy atom. The van der Waals surface area contributed by atoms with Crippen molar-refractivity contribution in [1.29, 1.82) is 0 Å². The topological polar surface area (TPSA) is 55.8 Å². The van der Waals surface area contributed by atoms with Crippen LogP contribution in [0, 0.1) is 5.82 Å². The quantitative estimate of drug-likeness (QED) is 0.610. The van der Waals surface area contributed by atoms with E-state index in [0.29, 0.717) is 12.0 Å². The second kappa shape index (κ2) is 10.3. The number of rotatable bonds is 9. The zero-order valence-corrected chi connectivity index (χ0v) is 15.2. The second-order valence-corrected chi connectivity index (χ2v) is 6.06. The Balaban J connectivity index is 1.72. The van der Waals surface area contributed by atoms with Gasteiger partial charge in [0.25, 0.3) is 5.91 Å². The minimum atomic E-state index is -2.90. The van der Waals surface area contributed by atoms with Crippen molar-refractivity contribution >= 4 is 11.9 Å². The molecule has 0 fully saturated rings. The molecule has 0 radical (unpaired) electrons. The van der Waals surface area contributed by atoms with Crippen LogP contribution in [0.3, 0.4) is 0 Å². The van der Waals surface area contributed by atoms with E-state index in [-0.39, 0.29) is 24.5 Å². The van der Waals surface area contributed by atoms with Crippen molar-refractivity contribution in [3.63, 3.8) is 0 Å². The van der Waals surface area contributed by atoms with Gasteiger partial charge in [0.15, 0.2) is 6.61 Å². The number of nitrogens with zero attached hydrogens (tertiary/aromatic N) is 1. The van der Waals surface area contributed by atoms with Crippen molar-refractivity contribution < 1.29 is 32.2 Å². The summed E-state index contributed by atoms with van der Waals surface area (Å²) in [6.07, 6.45) is 0.463. The van der Waals surface area contributed by atoms with E-state index < -0.39 is 25.1 Å². The van der Waals surface area contributed by atoms with Crippen molar-refractivity contribution in [2.75, 3.05) is 13.7 Å². The molecule has 0 saturated carbocycles. The first kappa shape index (κ1) is 21.3. The number of benzene rings is 2. The first-order valence-electron chi connectivity index (χ1n) is 8.51. The molecule has 0 aliphatic rings. The highest BCUT2D eigenvalue weighted by atomic mass is 19.3. The van der Waals surface area contributed by atoms with E-state index in [0.717, 1.165) is 5.56 Å². The van der Waals surface area contributed by atoms with Crippen LogP contribution >= 0.6 is 0 Å². The van der Waals surface area contributed by atoms with Gasteiger partial charge in [0.05, 0.1) is 0 Å². The van der Waals surface area contributed by atoms with Gasteiger partial charge in [-0.2, -0.15) is 8.78 Å². The summed E-state index contributed by atoms with van der Waals surface area (Å²) in [5.74, 6) is -1.25. The Kier molecular flexibility index (Phi) is 7.86. The van der Waals surface area contributed by atoms with Crippen LogP contribution in [0.5, 0.6) is 5.75 Å². The highest BCUT2D eigenvalue weighted by Gasteiger charge is 2.13. The number of amides is 1. The zero-order valence-electron chi connectivity index (χ0n) is 15.2. The maximum Gasteiger partial charge on any atom is 0.387 e. The molecule has 1 amide bonds. The van der Waals surface area contributed by atoms with Crippen molar-refractivity contribution in [3.05, 3.63) is 65.5 Å². The third-order valence-corrected chi connectivity index (χ3v) is 3.88. The molecule has 0 atom stereocenters. The Bertz CT molecular complexity index is 779. The first-order chi connectivity index (χ1) is 13.3. The Labute approximate surface area is 160 Å². The average molecular weight is 395 g/mol. The lowest BCUT2D eigenvalue weighted by atomic mass is 10.1. The molecule has 2 aromatic rings. The molecule has 8 heteroatoms. The summed E-state index contributed by atoms with van der Waals surface area (Å²) in [6.45, 7) is -3.07. The van der Waals surface area contributed by atoms with Gasteiger partial charge < -0.3 is 14.4 Å². The van der Waals surface area contributed by atoms with E-state index in [1.165, 1.54) is 36.2 Å². The lowest BCUT2D eigenvalue weighted by Crippen LogP contribution is -2.30. The maximum absolute atomic E-state index is 12.8. The number of hydrogen-bond acceptors (Lipinski definition) is 4. The third kappa shape index (κ3) is 7.30. The number of esters is 1. The molecule has 28 heavy (non-hydrogen) atoms. The molecule has 0 N–H and O–H groups in total. The van der Waals surface area contributed by atoms with Gasteiger partial charge in [-0.1, -0.05) is 24.3 Å². The van der Waals surface area contributed by atoms with Gasteiger partial charge in [-0.15, -0.1) is 0 Å². The molecule has 5 nitrogen and oxygen atoms in total. The lowest BCUT2D eigenvalue weighted by molar-refractivity contribution is -0.151.